The number of aromatic nitrogens is 1. The van der Waals surface area contributed by atoms with Crippen molar-refractivity contribution < 1.29 is 4.42 Å². The molecule has 0 aliphatic carbocycles. The standard InChI is InChI=1S/C10H9ClN2O/c11-10-5-9(1-3-12-10)13-6-8-2-4-14-7-8/h1-5,7H,6H2,(H,12,13). The van der Waals surface area contributed by atoms with E-state index < -0.39 is 0 Å². The van der Waals surface area contributed by atoms with E-state index in [0.29, 0.717) is 5.15 Å². The molecule has 4 heteroatoms. The van der Waals surface area contributed by atoms with E-state index in [1.807, 2.05) is 12.1 Å². The molecule has 2 aromatic rings. The molecule has 0 saturated carbocycles. The lowest BCUT2D eigenvalue weighted by atomic mass is 10.3. The Morgan fingerprint density at radius 3 is 3.07 bits per heavy atom. The Bertz CT molecular complexity index is 400. The van der Waals surface area contributed by atoms with Gasteiger partial charge in [0.1, 0.15) is 5.15 Å². The van der Waals surface area contributed by atoms with Crippen molar-refractivity contribution in [2.24, 2.45) is 0 Å². The van der Waals surface area contributed by atoms with Crippen LogP contribution >= 0.6 is 11.6 Å². The van der Waals surface area contributed by atoms with Crippen molar-refractivity contribution in [3.63, 3.8) is 0 Å². The maximum absolute atomic E-state index is 5.74. The van der Waals surface area contributed by atoms with Crippen molar-refractivity contribution >= 4 is 17.3 Å². The van der Waals surface area contributed by atoms with E-state index in [9.17, 15) is 0 Å². The number of halogens is 1. The SMILES string of the molecule is Clc1cc(NCc2ccoc2)ccn1. The Kier molecular flexibility index (Phi) is 2.70. The third kappa shape index (κ3) is 2.26. The number of hydrogen-bond acceptors (Lipinski definition) is 3. The Balaban J connectivity index is 1.98. The molecule has 0 aliphatic heterocycles. The number of furan rings is 1. The molecule has 0 spiro atoms. The van der Waals surface area contributed by atoms with Gasteiger partial charge in [0, 0.05) is 24.0 Å². The van der Waals surface area contributed by atoms with E-state index in [0.717, 1.165) is 17.8 Å². The largest absolute Gasteiger partial charge is 0.472 e. The summed E-state index contributed by atoms with van der Waals surface area (Å²) in [4.78, 5) is 3.89. The Morgan fingerprint density at radius 1 is 1.43 bits per heavy atom. The first-order chi connectivity index (χ1) is 6.84. The summed E-state index contributed by atoms with van der Waals surface area (Å²) in [5.74, 6) is 0. The molecule has 2 heterocycles. The third-order valence-corrected chi connectivity index (χ3v) is 2.01. The molecule has 0 saturated heterocycles. The zero-order chi connectivity index (χ0) is 9.80. The molecule has 72 valence electrons. The second-order valence-electron chi connectivity index (χ2n) is 2.85. The second kappa shape index (κ2) is 4.15. The monoisotopic (exact) mass is 208 g/mol. The summed E-state index contributed by atoms with van der Waals surface area (Å²) in [7, 11) is 0. The Labute approximate surface area is 86.7 Å². The molecule has 0 radical (unpaired) electrons. The van der Waals surface area contributed by atoms with Crippen LogP contribution in [-0.4, -0.2) is 4.98 Å². The summed E-state index contributed by atoms with van der Waals surface area (Å²) in [6.45, 7) is 0.719. The van der Waals surface area contributed by atoms with Crippen molar-refractivity contribution in [1.29, 1.82) is 0 Å². The molecule has 2 aromatic heterocycles. The van der Waals surface area contributed by atoms with Gasteiger partial charge in [0.05, 0.1) is 12.5 Å². The van der Waals surface area contributed by atoms with Gasteiger partial charge in [-0.3, -0.25) is 0 Å². The molecule has 0 unspecified atom stereocenters. The summed E-state index contributed by atoms with van der Waals surface area (Å²) in [6, 6.07) is 5.56. The van der Waals surface area contributed by atoms with Crippen LogP contribution in [0.1, 0.15) is 5.56 Å². The van der Waals surface area contributed by atoms with Gasteiger partial charge in [0.2, 0.25) is 0 Å². The number of pyridine rings is 1. The summed E-state index contributed by atoms with van der Waals surface area (Å²) in [5, 5.41) is 3.69. The van der Waals surface area contributed by atoms with Crippen LogP contribution in [0.4, 0.5) is 5.69 Å². The number of hydrogen-bond donors (Lipinski definition) is 1. The van der Waals surface area contributed by atoms with E-state index in [-0.39, 0.29) is 0 Å². The van der Waals surface area contributed by atoms with Crippen molar-refractivity contribution in [2.45, 2.75) is 6.54 Å². The molecule has 2 rings (SSSR count). The van der Waals surface area contributed by atoms with Gasteiger partial charge >= 0.3 is 0 Å². The van der Waals surface area contributed by atoms with E-state index in [2.05, 4.69) is 10.3 Å². The molecule has 0 atom stereocenters. The predicted octanol–water partition coefficient (Wildman–Crippen LogP) is 2.94. The quantitative estimate of drug-likeness (QED) is 0.789. The fourth-order valence-electron chi connectivity index (χ4n) is 1.11. The van der Waals surface area contributed by atoms with Crippen LogP contribution in [0.3, 0.4) is 0 Å². The summed E-state index contributed by atoms with van der Waals surface area (Å²) in [5.41, 5.74) is 2.05. The van der Waals surface area contributed by atoms with E-state index in [1.54, 1.807) is 24.8 Å². The van der Waals surface area contributed by atoms with Gasteiger partial charge in [-0.2, -0.15) is 0 Å². The van der Waals surface area contributed by atoms with Gasteiger partial charge in [-0.1, -0.05) is 11.6 Å². The number of nitrogens with zero attached hydrogens (tertiary/aromatic N) is 1. The van der Waals surface area contributed by atoms with Gasteiger partial charge in [-0.25, -0.2) is 4.98 Å². The highest BCUT2D eigenvalue weighted by molar-refractivity contribution is 6.29. The topological polar surface area (TPSA) is 38.1 Å². The van der Waals surface area contributed by atoms with Gasteiger partial charge in [0.25, 0.3) is 0 Å². The van der Waals surface area contributed by atoms with Crippen LogP contribution in [0, 0.1) is 0 Å². The minimum absolute atomic E-state index is 0.488. The minimum atomic E-state index is 0.488. The smallest absolute Gasteiger partial charge is 0.131 e. The first kappa shape index (κ1) is 9.09. The lowest BCUT2D eigenvalue weighted by molar-refractivity contribution is 0.564. The van der Waals surface area contributed by atoms with Crippen LogP contribution in [0.5, 0.6) is 0 Å². The molecule has 14 heavy (non-hydrogen) atoms. The molecule has 0 aliphatic rings. The lowest BCUT2D eigenvalue weighted by Crippen LogP contribution is -1.97. The van der Waals surface area contributed by atoms with Crippen molar-refractivity contribution in [2.75, 3.05) is 5.32 Å². The minimum Gasteiger partial charge on any atom is -0.472 e. The first-order valence-corrected chi connectivity index (χ1v) is 4.59. The highest BCUT2D eigenvalue weighted by atomic mass is 35.5. The van der Waals surface area contributed by atoms with E-state index >= 15 is 0 Å². The highest BCUT2D eigenvalue weighted by Gasteiger charge is 1.96. The summed E-state index contributed by atoms with van der Waals surface area (Å²) >= 11 is 5.74. The Hall–Kier alpha value is -1.48. The van der Waals surface area contributed by atoms with Gasteiger partial charge in [-0.05, 0) is 18.2 Å². The number of rotatable bonds is 3. The molecule has 1 N–H and O–H groups in total. The zero-order valence-electron chi connectivity index (χ0n) is 7.40. The van der Waals surface area contributed by atoms with Gasteiger partial charge in [0.15, 0.2) is 0 Å². The molecule has 0 fully saturated rings. The van der Waals surface area contributed by atoms with E-state index in [1.165, 1.54) is 0 Å². The molecular formula is C10H9ClN2O. The van der Waals surface area contributed by atoms with Gasteiger partial charge in [-0.15, -0.1) is 0 Å². The van der Waals surface area contributed by atoms with Crippen LogP contribution in [0.2, 0.25) is 5.15 Å². The lowest BCUT2D eigenvalue weighted by Gasteiger charge is -2.03. The molecule has 0 amide bonds. The normalized spacial score (nSPS) is 10.1. The van der Waals surface area contributed by atoms with Crippen LogP contribution < -0.4 is 5.32 Å². The van der Waals surface area contributed by atoms with Crippen molar-refractivity contribution in [1.82, 2.24) is 4.98 Å². The average molecular weight is 209 g/mol. The molecule has 0 bridgehead atoms. The van der Waals surface area contributed by atoms with E-state index in [4.69, 9.17) is 16.0 Å². The van der Waals surface area contributed by atoms with Crippen LogP contribution in [-0.2, 0) is 6.54 Å². The Morgan fingerprint density at radius 2 is 2.36 bits per heavy atom. The molecular weight excluding hydrogens is 200 g/mol. The average Bonchev–Trinajstić information content (AvgIpc) is 2.67. The van der Waals surface area contributed by atoms with Crippen molar-refractivity contribution in [3.05, 3.63) is 47.6 Å². The first-order valence-electron chi connectivity index (χ1n) is 4.21. The summed E-state index contributed by atoms with van der Waals surface area (Å²) < 4.78 is 4.95. The summed E-state index contributed by atoms with van der Waals surface area (Å²) in [6.07, 6.45) is 5.02. The predicted molar refractivity (Wildman–Crippen MR) is 55.3 cm³/mol. The van der Waals surface area contributed by atoms with Crippen LogP contribution in [0.15, 0.2) is 41.3 Å². The van der Waals surface area contributed by atoms with Crippen LogP contribution in [0.25, 0.3) is 0 Å². The number of nitrogens with one attached hydrogen (secondary N) is 1. The maximum atomic E-state index is 5.74. The second-order valence-corrected chi connectivity index (χ2v) is 3.24. The molecule has 3 nitrogen and oxygen atoms in total. The molecule has 0 aromatic carbocycles. The van der Waals surface area contributed by atoms with Crippen molar-refractivity contribution in [3.8, 4) is 0 Å². The number of anilines is 1. The highest BCUT2D eigenvalue weighted by Crippen LogP contribution is 2.13. The fourth-order valence-corrected chi connectivity index (χ4v) is 1.28. The van der Waals surface area contributed by atoms with Gasteiger partial charge < -0.3 is 9.73 Å². The zero-order valence-corrected chi connectivity index (χ0v) is 8.16. The maximum Gasteiger partial charge on any atom is 0.131 e. The fraction of sp³-hybridized carbons (Fsp3) is 0.100. The third-order valence-electron chi connectivity index (χ3n) is 1.80.